The highest BCUT2D eigenvalue weighted by atomic mass is 16.1. The van der Waals surface area contributed by atoms with Gasteiger partial charge in [0.15, 0.2) is 0 Å². The van der Waals surface area contributed by atoms with Gasteiger partial charge in [0.05, 0.1) is 0 Å². The van der Waals surface area contributed by atoms with Gasteiger partial charge in [-0.3, -0.25) is 4.79 Å². The van der Waals surface area contributed by atoms with Gasteiger partial charge in [-0.25, -0.2) is 0 Å². The highest BCUT2D eigenvalue weighted by Gasteiger charge is 2.05. The summed E-state index contributed by atoms with van der Waals surface area (Å²) in [4.78, 5) is 11.4. The van der Waals surface area contributed by atoms with Gasteiger partial charge >= 0.3 is 0 Å². The molecule has 0 aliphatic carbocycles. The first-order valence-corrected chi connectivity index (χ1v) is 6.43. The van der Waals surface area contributed by atoms with E-state index in [0.717, 1.165) is 12.8 Å². The van der Waals surface area contributed by atoms with Crippen LogP contribution in [0.2, 0.25) is 0 Å². The summed E-state index contributed by atoms with van der Waals surface area (Å²) in [6.45, 7) is 4.15. The largest absolute Gasteiger partial charge is 0.353 e. The Hall–Kier alpha value is -0.970. The predicted molar refractivity (Wildman–Crippen MR) is 69.0 cm³/mol. The van der Waals surface area contributed by atoms with Crippen LogP contribution in [0.25, 0.3) is 0 Å². The monoisotopic (exact) mass is 223 g/mol. The summed E-state index contributed by atoms with van der Waals surface area (Å²) in [7, 11) is 0. The Labute approximate surface area is 100 Å². The fourth-order valence-corrected chi connectivity index (χ4v) is 1.64. The van der Waals surface area contributed by atoms with Crippen LogP contribution < -0.4 is 5.32 Å². The highest BCUT2D eigenvalue weighted by Crippen LogP contribution is 2.06. The fourth-order valence-electron chi connectivity index (χ4n) is 1.64. The molecule has 0 rings (SSSR count). The number of nitrogens with one attached hydrogen (secondary N) is 1. The molecule has 0 saturated carbocycles. The van der Waals surface area contributed by atoms with E-state index in [4.69, 9.17) is 6.42 Å². The molecule has 0 heterocycles. The first-order chi connectivity index (χ1) is 7.70. The molecule has 0 fully saturated rings. The van der Waals surface area contributed by atoms with Gasteiger partial charge in [0.2, 0.25) is 5.91 Å². The van der Waals surface area contributed by atoms with E-state index in [-0.39, 0.29) is 11.9 Å². The second-order valence-electron chi connectivity index (χ2n) is 4.39. The number of terminal acetylenes is 1. The molecular formula is C14H25NO. The van der Waals surface area contributed by atoms with Gasteiger partial charge in [0.1, 0.15) is 0 Å². The number of carbonyl (C=O) groups is 1. The van der Waals surface area contributed by atoms with Crippen molar-refractivity contribution in [2.45, 2.75) is 71.3 Å². The van der Waals surface area contributed by atoms with Crippen molar-refractivity contribution in [2.24, 2.45) is 0 Å². The van der Waals surface area contributed by atoms with Crippen LogP contribution in [0, 0.1) is 12.3 Å². The average molecular weight is 223 g/mol. The van der Waals surface area contributed by atoms with Crippen LogP contribution in [0.15, 0.2) is 0 Å². The van der Waals surface area contributed by atoms with Gasteiger partial charge in [-0.2, -0.15) is 0 Å². The van der Waals surface area contributed by atoms with Crippen molar-refractivity contribution in [3.63, 3.8) is 0 Å². The molecule has 1 unspecified atom stereocenters. The van der Waals surface area contributed by atoms with Crippen molar-refractivity contribution in [1.29, 1.82) is 0 Å². The van der Waals surface area contributed by atoms with E-state index in [0.29, 0.717) is 12.8 Å². The van der Waals surface area contributed by atoms with Crippen molar-refractivity contribution in [3.05, 3.63) is 0 Å². The van der Waals surface area contributed by atoms with Crippen LogP contribution in [0.1, 0.15) is 65.2 Å². The highest BCUT2D eigenvalue weighted by molar-refractivity contribution is 5.76. The zero-order valence-electron chi connectivity index (χ0n) is 10.7. The van der Waals surface area contributed by atoms with E-state index in [2.05, 4.69) is 18.2 Å². The van der Waals surface area contributed by atoms with Crippen LogP contribution in [0.3, 0.4) is 0 Å². The average Bonchev–Trinajstić information content (AvgIpc) is 2.23. The first kappa shape index (κ1) is 15.0. The summed E-state index contributed by atoms with van der Waals surface area (Å²) in [5.41, 5.74) is 0. The molecule has 92 valence electrons. The Morgan fingerprint density at radius 3 is 2.50 bits per heavy atom. The molecule has 0 aliphatic rings. The van der Waals surface area contributed by atoms with Gasteiger partial charge < -0.3 is 5.32 Å². The van der Waals surface area contributed by atoms with Crippen molar-refractivity contribution >= 4 is 5.91 Å². The normalized spacial score (nSPS) is 11.8. The Kier molecular flexibility index (Phi) is 9.91. The Morgan fingerprint density at radius 2 is 1.88 bits per heavy atom. The Morgan fingerprint density at radius 1 is 1.25 bits per heavy atom. The number of amides is 1. The molecule has 1 atom stereocenters. The second kappa shape index (κ2) is 10.5. The quantitative estimate of drug-likeness (QED) is 0.472. The molecule has 0 aromatic heterocycles. The van der Waals surface area contributed by atoms with E-state index < -0.39 is 0 Å². The van der Waals surface area contributed by atoms with Crippen LogP contribution in [0.5, 0.6) is 0 Å². The van der Waals surface area contributed by atoms with E-state index in [9.17, 15) is 4.79 Å². The van der Waals surface area contributed by atoms with Crippen LogP contribution in [-0.4, -0.2) is 11.9 Å². The molecule has 1 amide bonds. The van der Waals surface area contributed by atoms with Gasteiger partial charge in [0, 0.05) is 18.9 Å². The molecule has 0 bridgehead atoms. The van der Waals surface area contributed by atoms with Gasteiger partial charge in [0.25, 0.3) is 0 Å². The minimum Gasteiger partial charge on any atom is -0.353 e. The molecule has 0 aliphatic heterocycles. The first-order valence-electron chi connectivity index (χ1n) is 6.43. The fraction of sp³-hybridized carbons (Fsp3) is 0.786. The summed E-state index contributed by atoms with van der Waals surface area (Å²) in [6.07, 6.45) is 13.7. The lowest BCUT2D eigenvalue weighted by atomic mass is 10.1. The minimum absolute atomic E-state index is 0.109. The minimum atomic E-state index is 0.109. The maximum atomic E-state index is 11.4. The van der Waals surface area contributed by atoms with E-state index >= 15 is 0 Å². The summed E-state index contributed by atoms with van der Waals surface area (Å²) < 4.78 is 0. The Balaban J connectivity index is 3.34. The molecule has 2 heteroatoms. The predicted octanol–water partition coefficient (Wildman–Crippen LogP) is 3.27. The van der Waals surface area contributed by atoms with Crippen molar-refractivity contribution < 1.29 is 4.79 Å². The van der Waals surface area contributed by atoms with Crippen LogP contribution >= 0.6 is 0 Å². The molecule has 0 radical (unpaired) electrons. The molecular weight excluding hydrogens is 198 g/mol. The molecule has 2 nitrogen and oxygen atoms in total. The van der Waals surface area contributed by atoms with Crippen molar-refractivity contribution in [3.8, 4) is 12.3 Å². The topological polar surface area (TPSA) is 29.1 Å². The standard InChI is InChI=1S/C14H25NO/c1-4-6-7-8-9-10-12-14(16)15-13(3)11-5-2/h2,13H,4,6-12H2,1,3H3,(H,15,16). The van der Waals surface area contributed by atoms with Crippen molar-refractivity contribution in [1.82, 2.24) is 5.32 Å². The third-order valence-electron chi connectivity index (χ3n) is 2.59. The zero-order valence-corrected chi connectivity index (χ0v) is 10.7. The zero-order chi connectivity index (χ0) is 12.2. The van der Waals surface area contributed by atoms with Gasteiger partial charge in [-0.05, 0) is 13.3 Å². The van der Waals surface area contributed by atoms with Crippen LogP contribution in [0.4, 0.5) is 0 Å². The van der Waals surface area contributed by atoms with E-state index in [1.165, 1.54) is 25.7 Å². The van der Waals surface area contributed by atoms with Crippen molar-refractivity contribution in [2.75, 3.05) is 0 Å². The maximum absolute atomic E-state index is 11.4. The molecule has 0 spiro atoms. The lowest BCUT2D eigenvalue weighted by Gasteiger charge is -2.10. The lowest BCUT2D eigenvalue weighted by Crippen LogP contribution is -2.31. The second-order valence-corrected chi connectivity index (χ2v) is 4.39. The summed E-state index contributed by atoms with van der Waals surface area (Å²) >= 11 is 0. The summed E-state index contributed by atoms with van der Waals surface area (Å²) in [6, 6.07) is 0.109. The van der Waals surface area contributed by atoms with Crippen LogP contribution in [-0.2, 0) is 4.79 Å². The number of unbranched alkanes of at least 4 members (excludes halogenated alkanes) is 5. The number of hydrogen-bond donors (Lipinski definition) is 1. The SMILES string of the molecule is C#CCC(C)NC(=O)CCCCCCCC. The molecule has 1 N–H and O–H groups in total. The van der Waals surface area contributed by atoms with E-state index in [1.54, 1.807) is 0 Å². The van der Waals surface area contributed by atoms with Gasteiger partial charge in [-0.1, -0.05) is 39.0 Å². The number of hydrogen-bond acceptors (Lipinski definition) is 1. The molecule has 0 aromatic carbocycles. The Bertz CT molecular complexity index is 217. The molecule has 0 saturated heterocycles. The van der Waals surface area contributed by atoms with E-state index in [1.807, 2.05) is 6.92 Å². The molecule has 0 aromatic rings. The maximum Gasteiger partial charge on any atom is 0.220 e. The summed E-state index contributed by atoms with van der Waals surface area (Å²) in [5.74, 6) is 2.69. The summed E-state index contributed by atoms with van der Waals surface area (Å²) in [5, 5.41) is 2.90. The molecule has 16 heavy (non-hydrogen) atoms. The third kappa shape index (κ3) is 9.58. The smallest absolute Gasteiger partial charge is 0.220 e. The third-order valence-corrected chi connectivity index (χ3v) is 2.59. The number of rotatable bonds is 9. The van der Waals surface area contributed by atoms with Gasteiger partial charge in [-0.15, -0.1) is 12.3 Å². The lowest BCUT2D eigenvalue weighted by molar-refractivity contribution is -0.121. The number of carbonyl (C=O) groups excluding carboxylic acids is 1.